The Labute approximate surface area is 106 Å². The van der Waals surface area contributed by atoms with Crippen LogP contribution in [0, 0.1) is 0 Å². The number of carbonyl (C=O) groups is 2. The number of pyridine rings is 1. The highest BCUT2D eigenvalue weighted by atomic mass is 16.2. The summed E-state index contributed by atoms with van der Waals surface area (Å²) in [7, 11) is 0. The molecule has 2 atom stereocenters. The van der Waals surface area contributed by atoms with Crippen molar-refractivity contribution in [3.05, 3.63) is 30.1 Å². The van der Waals surface area contributed by atoms with E-state index in [9.17, 15) is 9.59 Å². The highest BCUT2D eigenvalue weighted by molar-refractivity contribution is 5.96. The zero-order valence-corrected chi connectivity index (χ0v) is 10.6. The fraction of sp³-hybridized carbons (Fsp3) is 0.462. The predicted molar refractivity (Wildman–Crippen MR) is 66.5 cm³/mol. The summed E-state index contributed by atoms with van der Waals surface area (Å²) in [5, 5.41) is 2.74. The van der Waals surface area contributed by atoms with Gasteiger partial charge in [-0.3, -0.25) is 14.6 Å². The van der Waals surface area contributed by atoms with Gasteiger partial charge in [-0.1, -0.05) is 13.0 Å². The summed E-state index contributed by atoms with van der Waals surface area (Å²) in [5.74, 6) is -0.112. The topological polar surface area (TPSA) is 62.3 Å². The highest BCUT2D eigenvalue weighted by Crippen LogP contribution is 2.15. The zero-order chi connectivity index (χ0) is 13.1. The number of nitrogens with zero attached hydrogens (tertiary/aromatic N) is 2. The summed E-state index contributed by atoms with van der Waals surface area (Å²) < 4.78 is 0. The quantitative estimate of drug-likeness (QED) is 0.855. The molecule has 2 unspecified atom stereocenters. The van der Waals surface area contributed by atoms with Gasteiger partial charge in [-0.2, -0.15) is 0 Å². The molecule has 18 heavy (non-hydrogen) atoms. The Morgan fingerprint density at radius 3 is 2.83 bits per heavy atom. The number of rotatable bonds is 3. The SMILES string of the molecule is CCC1NC(=O)C(C)N(Cc2cccnc2)C1=O. The van der Waals surface area contributed by atoms with Gasteiger partial charge in [0.05, 0.1) is 0 Å². The number of piperazine rings is 1. The van der Waals surface area contributed by atoms with Crippen LogP contribution < -0.4 is 5.32 Å². The molecule has 2 heterocycles. The molecule has 0 aromatic carbocycles. The summed E-state index contributed by atoms with van der Waals surface area (Å²) in [6.07, 6.45) is 4.01. The molecule has 1 N–H and O–H groups in total. The molecule has 96 valence electrons. The van der Waals surface area contributed by atoms with Crippen molar-refractivity contribution in [3.8, 4) is 0 Å². The lowest BCUT2D eigenvalue weighted by molar-refractivity contribution is -0.149. The van der Waals surface area contributed by atoms with Gasteiger partial charge in [-0.25, -0.2) is 0 Å². The van der Waals surface area contributed by atoms with Gasteiger partial charge in [0.25, 0.3) is 0 Å². The van der Waals surface area contributed by atoms with E-state index < -0.39 is 12.1 Å². The summed E-state index contributed by atoms with van der Waals surface area (Å²) in [6.45, 7) is 4.06. The molecule has 1 saturated heterocycles. The van der Waals surface area contributed by atoms with E-state index in [4.69, 9.17) is 0 Å². The van der Waals surface area contributed by atoms with E-state index in [0.717, 1.165) is 5.56 Å². The van der Waals surface area contributed by atoms with Crippen molar-refractivity contribution in [2.45, 2.75) is 38.9 Å². The maximum Gasteiger partial charge on any atom is 0.246 e. The number of hydrogen-bond acceptors (Lipinski definition) is 3. The number of carbonyl (C=O) groups excluding carboxylic acids is 2. The van der Waals surface area contributed by atoms with Crippen LogP contribution in [-0.4, -0.2) is 33.8 Å². The standard InChI is InChI=1S/C13H17N3O2/c1-3-11-13(18)16(9(2)12(17)15-11)8-10-5-4-6-14-7-10/h4-7,9,11H,3,8H2,1-2H3,(H,15,17). The lowest BCUT2D eigenvalue weighted by Crippen LogP contribution is -2.61. The van der Waals surface area contributed by atoms with Crippen LogP contribution in [0.4, 0.5) is 0 Å². The summed E-state index contributed by atoms with van der Waals surface area (Å²) in [5.41, 5.74) is 0.933. The van der Waals surface area contributed by atoms with Crippen LogP contribution in [0.5, 0.6) is 0 Å². The first kappa shape index (κ1) is 12.5. The Bertz CT molecular complexity index is 447. The Morgan fingerprint density at radius 2 is 2.22 bits per heavy atom. The van der Waals surface area contributed by atoms with Crippen molar-refractivity contribution in [2.24, 2.45) is 0 Å². The van der Waals surface area contributed by atoms with Crippen LogP contribution in [0.2, 0.25) is 0 Å². The monoisotopic (exact) mass is 247 g/mol. The zero-order valence-electron chi connectivity index (χ0n) is 10.6. The van der Waals surface area contributed by atoms with Crippen molar-refractivity contribution in [2.75, 3.05) is 0 Å². The highest BCUT2D eigenvalue weighted by Gasteiger charge is 2.36. The summed E-state index contributed by atoms with van der Waals surface area (Å²) in [6, 6.07) is 2.90. The average Bonchev–Trinajstić information content (AvgIpc) is 2.40. The fourth-order valence-corrected chi connectivity index (χ4v) is 2.07. The van der Waals surface area contributed by atoms with Gasteiger partial charge in [-0.05, 0) is 25.0 Å². The van der Waals surface area contributed by atoms with E-state index >= 15 is 0 Å². The molecule has 1 aromatic rings. The normalized spacial score (nSPS) is 24.0. The van der Waals surface area contributed by atoms with E-state index in [1.54, 1.807) is 24.2 Å². The van der Waals surface area contributed by atoms with Gasteiger partial charge in [-0.15, -0.1) is 0 Å². The van der Waals surface area contributed by atoms with Crippen LogP contribution in [0.15, 0.2) is 24.5 Å². The maximum atomic E-state index is 12.2. The van der Waals surface area contributed by atoms with Gasteiger partial charge in [0, 0.05) is 18.9 Å². The molecular weight excluding hydrogens is 230 g/mol. The maximum absolute atomic E-state index is 12.2. The first-order chi connectivity index (χ1) is 8.63. The number of amides is 2. The molecule has 1 aliphatic heterocycles. The molecule has 1 fully saturated rings. The molecule has 2 rings (SSSR count). The molecule has 0 bridgehead atoms. The smallest absolute Gasteiger partial charge is 0.246 e. The lowest BCUT2D eigenvalue weighted by atomic mass is 10.1. The second-order valence-electron chi connectivity index (χ2n) is 4.47. The van der Waals surface area contributed by atoms with Crippen LogP contribution >= 0.6 is 0 Å². The van der Waals surface area contributed by atoms with Gasteiger partial charge >= 0.3 is 0 Å². The van der Waals surface area contributed by atoms with Crippen molar-refractivity contribution < 1.29 is 9.59 Å². The Hall–Kier alpha value is -1.91. The molecule has 5 nitrogen and oxygen atoms in total. The van der Waals surface area contributed by atoms with Crippen molar-refractivity contribution in [3.63, 3.8) is 0 Å². The van der Waals surface area contributed by atoms with E-state index in [-0.39, 0.29) is 11.8 Å². The van der Waals surface area contributed by atoms with E-state index in [1.807, 2.05) is 19.1 Å². The molecule has 0 spiro atoms. The first-order valence-corrected chi connectivity index (χ1v) is 6.13. The van der Waals surface area contributed by atoms with Gasteiger partial charge in [0.1, 0.15) is 12.1 Å². The second kappa shape index (κ2) is 5.16. The molecule has 5 heteroatoms. The van der Waals surface area contributed by atoms with Crippen LogP contribution in [0.1, 0.15) is 25.8 Å². The fourth-order valence-electron chi connectivity index (χ4n) is 2.07. The van der Waals surface area contributed by atoms with Gasteiger partial charge in [0.15, 0.2) is 0 Å². The molecule has 1 aromatic heterocycles. The molecular formula is C13H17N3O2. The average molecular weight is 247 g/mol. The van der Waals surface area contributed by atoms with Crippen molar-refractivity contribution in [1.82, 2.24) is 15.2 Å². The Kier molecular flexibility index (Phi) is 3.60. The minimum Gasteiger partial charge on any atom is -0.343 e. The Balaban J connectivity index is 2.18. The van der Waals surface area contributed by atoms with E-state index in [0.29, 0.717) is 13.0 Å². The molecule has 0 aliphatic carbocycles. The van der Waals surface area contributed by atoms with Crippen LogP contribution in [0.25, 0.3) is 0 Å². The first-order valence-electron chi connectivity index (χ1n) is 6.13. The van der Waals surface area contributed by atoms with E-state index in [1.165, 1.54) is 0 Å². The minimum absolute atomic E-state index is 0.0200. The minimum atomic E-state index is -0.430. The number of nitrogens with one attached hydrogen (secondary N) is 1. The van der Waals surface area contributed by atoms with E-state index in [2.05, 4.69) is 10.3 Å². The molecule has 0 radical (unpaired) electrons. The van der Waals surface area contributed by atoms with Crippen molar-refractivity contribution in [1.29, 1.82) is 0 Å². The largest absolute Gasteiger partial charge is 0.343 e. The lowest BCUT2D eigenvalue weighted by Gasteiger charge is -2.37. The number of aromatic nitrogens is 1. The van der Waals surface area contributed by atoms with Gasteiger partial charge in [0.2, 0.25) is 11.8 Å². The predicted octanol–water partition coefficient (Wildman–Crippen LogP) is 0.707. The molecule has 0 saturated carbocycles. The second-order valence-corrected chi connectivity index (χ2v) is 4.47. The number of hydrogen-bond donors (Lipinski definition) is 1. The summed E-state index contributed by atoms with van der Waals surface area (Å²) >= 11 is 0. The third kappa shape index (κ3) is 2.34. The van der Waals surface area contributed by atoms with Crippen LogP contribution in [0.3, 0.4) is 0 Å². The van der Waals surface area contributed by atoms with Crippen LogP contribution in [-0.2, 0) is 16.1 Å². The summed E-state index contributed by atoms with van der Waals surface area (Å²) in [4.78, 5) is 29.6. The van der Waals surface area contributed by atoms with Gasteiger partial charge < -0.3 is 10.2 Å². The van der Waals surface area contributed by atoms with Crippen molar-refractivity contribution >= 4 is 11.8 Å². The molecule has 1 aliphatic rings. The Morgan fingerprint density at radius 1 is 1.44 bits per heavy atom. The third-order valence-electron chi connectivity index (χ3n) is 3.23. The third-order valence-corrected chi connectivity index (χ3v) is 3.23. The molecule has 2 amide bonds.